The molecule has 0 aromatic heterocycles. The van der Waals surface area contributed by atoms with Gasteiger partial charge in [0.1, 0.15) is 30.2 Å². The van der Waals surface area contributed by atoms with Crippen LogP contribution in [0.2, 0.25) is 0 Å². The highest BCUT2D eigenvalue weighted by Gasteiger charge is 2.37. The highest BCUT2D eigenvalue weighted by molar-refractivity contribution is 8.76. The van der Waals surface area contributed by atoms with Crippen LogP contribution in [0.4, 0.5) is 0 Å². The summed E-state index contributed by atoms with van der Waals surface area (Å²) >= 11 is 0. The molecule has 2 heterocycles. The minimum atomic E-state index is -0.892. The molecule has 2 saturated heterocycles. The molecule has 2 bridgehead atoms. The lowest BCUT2D eigenvalue weighted by atomic mass is 9.98. The molecular formula is C22H37N5O5S2. The first-order valence-electron chi connectivity index (χ1n) is 11.7. The lowest BCUT2D eigenvalue weighted by molar-refractivity contribution is -0.135. The summed E-state index contributed by atoms with van der Waals surface area (Å²) in [4.78, 5) is 65.3. The van der Waals surface area contributed by atoms with Crippen LogP contribution in [0.25, 0.3) is 0 Å². The van der Waals surface area contributed by atoms with Crippen LogP contribution >= 0.6 is 21.6 Å². The van der Waals surface area contributed by atoms with E-state index in [9.17, 15) is 24.0 Å². The molecule has 192 valence electrons. The van der Waals surface area contributed by atoms with E-state index in [1.54, 1.807) is 27.7 Å². The largest absolute Gasteiger partial charge is 0.343 e. The number of carbonyl (C=O) groups excluding carboxylic acids is 5. The van der Waals surface area contributed by atoms with Crippen LogP contribution in [0.3, 0.4) is 0 Å². The Balaban J connectivity index is 2.47. The zero-order valence-electron chi connectivity index (χ0n) is 20.6. The first-order chi connectivity index (χ1) is 15.9. The molecule has 5 atom stereocenters. The number of hydrogen-bond acceptors (Lipinski definition) is 7. The monoisotopic (exact) mass is 515 g/mol. The highest BCUT2D eigenvalue weighted by Crippen LogP contribution is 2.25. The fraction of sp³-hybridized carbons (Fsp3) is 0.773. The van der Waals surface area contributed by atoms with Crippen molar-refractivity contribution in [3.63, 3.8) is 0 Å². The normalized spacial score (nSPS) is 29.9. The van der Waals surface area contributed by atoms with Gasteiger partial charge in [0.25, 0.3) is 0 Å². The Hall–Kier alpha value is -1.95. The van der Waals surface area contributed by atoms with E-state index in [4.69, 9.17) is 0 Å². The molecule has 0 aromatic rings. The Morgan fingerprint density at radius 2 is 1.03 bits per heavy atom. The Bertz CT molecular complexity index is 786. The second-order valence-electron chi connectivity index (χ2n) is 9.84. The van der Waals surface area contributed by atoms with Gasteiger partial charge in [-0.3, -0.25) is 24.0 Å². The molecule has 5 N–H and O–H groups in total. The number of nitrogens with one attached hydrogen (secondary N) is 5. The van der Waals surface area contributed by atoms with Gasteiger partial charge in [0.05, 0.1) is 0 Å². The lowest BCUT2D eigenvalue weighted by Crippen LogP contribution is -2.60. The fourth-order valence-corrected chi connectivity index (χ4v) is 6.00. The summed E-state index contributed by atoms with van der Waals surface area (Å²) in [6.45, 7) is 11.0. The molecule has 5 amide bonds. The van der Waals surface area contributed by atoms with Crippen LogP contribution in [-0.4, -0.2) is 71.3 Å². The van der Waals surface area contributed by atoms with Crippen molar-refractivity contribution in [2.45, 2.75) is 78.2 Å². The lowest BCUT2D eigenvalue weighted by Gasteiger charge is -2.28. The summed E-state index contributed by atoms with van der Waals surface area (Å²) < 4.78 is 0. The third-order valence-corrected chi connectivity index (χ3v) is 8.07. The molecule has 0 unspecified atom stereocenters. The molecule has 2 fully saturated rings. The molecule has 2 aliphatic heterocycles. The van der Waals surface area contributed by atoms with Crippen LogP contribution in [0.15, 0.2) is 0 Å². The van der Waals surface area contributed by atoms with Gasteiger partial charge in [-0.2, -0.15) is 0 Å². The third kappa shape index (κ3) is 7.79. The van der Waals surface area contributed by atoms with Gasteiger partial charge < -0.3 is 26.6 Å². The molecule has 0 spiro atoms. The predicted octanol–water partition coefficient (Wildman–Crippen LogP) is 0.177. The highest BCUT2D eigenvalue weighted by atomic mass is 33.1. The van der Waals surface area contributed by atoms with Crippen LogP contribution < -0.4 is 26.6 Å². The molecule has 0 saturated carbocycles. The summed E-state index contributed by atoms with van der Waals surface area (Å²) in [5.41, 5.74) is 0. The van der Waals surface area contributed by atoms with Gasteiger partial charge in [-0.1, -0.05) is 63.1 Å². The zero-order chi connectivity index (χ0) is 25.6. The molecule has 0 aromatic carbocycles. The van der Waals surface area contributed by atoms with Gasteiger partial charge in [-0.15, -0.1) is 0 Å². The van der Waals surface area contributed by atoms with Gasteiger partial charge >= 0.3 is 0 Å². The van der Waals surface area contributed by atoms with E-state index in [0.717, 1.165) is 0 Å². The summed E-state index contributed by atoms with van der Waals surface area (Å²) in [5.74, 6) is -2.19. The van der Waals surface area contributed by atoms with Crippen molar-refractivity contribution >= 4 is 51.1 Å². The smallest absolute Gasteiger partial charge is 0.244 e. The predicted molar refractivity (Wildman–Crippen MR) is 134 cm³/mol. The van der Waals surface area contributed by atoms with Crippen molar-refractivity contribution in [2.24, 2.45) is 17.8 Å². The quantitative estimate of drug-likeness (QED) is 0.336. The van der Waals surface area contributed by atoms with Crippen molar-refractivity contribution in [1.29, 1.82) is 0 Å². The Morgan fingerprint density at radius 3 is 1.50 bits per heavy atom. The molecule has 34 heavy (non-hydrogen) atoms. The summed E-state index contributed by atoms with van der Waals surface area (Å²) in [5, 5.41) is 13.7. The Labute approximate surface area is 209 Å². The van der Waals surface area contributed by atoms with Crippen molar-refractivity contribution < 1.29 is 24.0 Å². The molecule has 2 aliphatic rings. The van der Waals surface area contributed by atoms with E-state index >= 15 is 0 Å². The Kier molecular flexibility index (Phi) is 10.5. The number of amides is 5. The van der Waals surface area contributed by atoms with Crippen molar-refractivity contribution in [1.82, 2.24) is 26.6 Å². The number of rotatable bonds is 4. The molecular weight excluding hydrogens is 478 g/mol. The molecule has 12 heteroatoms. The van der Waals surface area contributed by atoms with Gasteiger partial charge in [0.15, 0.2) is 0 Å². The van der Waals surface area contributed by atoms with Crippen LogP contribution in [0.5, 0.6) is 0 Å². The second-order valence-corrected chi connectivity index (χ2v) is 12.4. The summed E-state index contributed by atoms with van der Waals surface area (Å²) in [6, 6.07) is -4.39. The average Bonchev–Trinajstić information content (AvgIpc) is 2.72. The SMILES string of the molecule is CC(C)C[C@H]1NC(=O)[C@H](C(C)C)NC(=O)[C@H]2CSSC[C@@H](NC(=O)[C@H](C(C)C)NC1=O)C(=O)N2. The average molecular weight is 516 g/mol. The van der Waals surface area contributed by atoms with E-state index in [0.29, 0.717) is 17.9 Å². The van der Waals surface area contributed by atoms with Gasteiger partial charge in [-0.25, -0.2) is 0 Å². The standard InChI is InChI=1S/C22H37N5O5S2/c1-10(2)7-13-18(28)26-17(12(5)6)22(32)25-14-8-33-34-9-15(24-19(14)29)20(30)27-16(11(3)4)21(31)23-13/h10-17H,7-9H2,1-6H3,(H,23,31)(H,24,29)(H,25,32)(H,26,28)(H,27,30)/t13-,14-,15-,16+,17+/m1/s1. The molecule has 2 rings (SSSR count). The van der Waals surface area contributed by atoms with Crippen molar-refractivity contribution in [3.8, 4) is 0 Å². The third-order valence-electron chi connectivity index (χ3n) is 5.65. The first kappa shape index (κ1) is 28.3. The molecule has 10 nitrogen and oxygen atoms in total. The summed E-state index contributed by atoms with van der Waals surface area (Å²) in [7, 11) is 2.79. The topological polar surface area (TPSA) is 146 Å². The van der Waals surface area contributed by atoms with E-state index in [-0.39, 0.29) is 17.8 Å². The number of hydrogen-bond donors (Lipinski definition) is 5. The van der Waals surface area contributed by atoms with E-state index in [2.05, 4.69) is 26.6 Å². The number of fused-ring (bicyclic) bond motifs is 3. The Morgan fingerprint density at radius 1 is 0.618 bits per heavy atom. The van der Waals surface area contributed by atoms with E-state index < -0.39 is 59.7 Å². The van der Waals surface area contributed by atoms with E-state index in [1.807, 2.05) is 13.8 Å². The second kappa shape index (κ2) is 12.7. The van der Waals surface area contributed by atoms with Gasteiger partial charge in [-0.05, 0) is 24.2 Å². The zero-order valence-corrected chi connectivity index (χ0v) is 22.2. The fourth-order valence-electron chi connectivity index (χ4n) is 3.67. The van der Waals surface area contributed by atoms with Gasteiger partial charge in [0.2, 0.25) is 29.5 Å². The number of carbonyl (C=O) groups is 5. The van der Waals surface area contributed by atoms with Crippen molar-refractivity contribution in [2.75, 3.05) is 11.5 Å². The van der Waals surface area contributed by atoms with Crippen LogP contribution in [0.1, 0.15) is 48.0 Å². The van der Waals surface area contributed by atoms with Crippen LogP contribution in [0, 0.1) is 17.8 Å². The molecule has 0 aliphatic carbocycles. The van der Waals surface area contributed by atoms with Gasteiger partial charge in [0, 0.05) is 11.5 Å². The minimum absolute atomic E-state index is 0.0929. The van der Waals surface area contributed by atoms with E-state index in [1.165, 1.54) is 21.6 Å². The van der Waals surface area contributed by atoms with Crippen LogP contribution in [-0.2, 0) is 24.0 Å². The summed E-state index contributed by atoms with van der Waals surface area (Å²) in [6.07, 6.45) is 0.362. The molecule has 0 radical (unpaired) electrons. The maximum absolute atomic E-state index is 13.2. The maximum atomic E-state index is 13.2. The van der Waals surface area contributed by atoms with Crippen molar-refractivity contribution in [3.05, 3.63) is 0 Å². The minimum Gasteiger partial charge on any atom is -0.343 e. The first-order valence-corrected chi connectivity index (χ1v) is 14.2. The maximum Gasteiger partial charge on any atom is 0.244 e.